The lowest BCUT2D eigenvalue weighted by Gasteiger charge is -2.10. The molecule has 30 heavy (non-hydrogen) atoms. The lowest BCUT2D eigenvalue weighted by molar-refractivity contribution is -0.116. The number of nitrogens with zero attached hydrogens (tertiary/aromatic N) is 2. The number of amides is 1. The highest BCUT2D eigenvalue weighted by molar-refractivity contribution is 5.91. The predicted octanol–water partition coefficient (Wildman–Crippen LogP) is 4.85. The van der Waals surface area contributed by atoms with Crippen molar-refractivity contribution in [3.05, 3.63) is 108 Å². The highest BCUT2D eigenvalue weighted by atomic mass is 16.1. The van der Waals surface area contributed by atoms with Crippen LogP contribution in [0.2, 0.25) is 0 Å². The number of fused-ring (bicyclic) bond motifs is 1. The summed E-state index contributed by atoms with van der Waals surface area (Å²) in [5.74, 6) is 0.978. The average molecular weight is 396 g/mol. The van der Waals surface area contributed by atoms with Gasteiger partial charge in [0.05, 0.1) is 11.0 Å². The first kappa shape index (κ1) is 19.6. The zero-order valence-corrected chi connectivity index (χ0v) is 16.9. The Hall–Kier alpha value is -3.66. The maximum atomic E-state index is 12.1. The summed E-state index contributed by atoms with van der Waals surface area (Å²) >= 11 is 0. The van der Waals surface area contributed by atoms with E-state index in [1.54, 1.807) is 6.08 Å². The third kappa shape index (κ3) is 5.03. The molecule has 0 bridgehead atoms. The van der Waals surface area contributed by atoms with E-state index in [-0.39, 0.29) is 5.91 Å². The van der Waals surface area contributed by atoms with E-state index >= 15 is 0 Å². The van der Waals surface area contributed by atoms with Gasteiger partial charge < -0.3 is 9.88 Å². The quantitative estimate of drug-likeness (QED) is 0.343. The fourth-order valence-electron chi connectivity index (χ4n) is 3.51. The van der Waals surface area contributed by atoms with Crippen LogP contribution in [0.4, 0.5) is 0 Å². The van der Waals surface area contributed by atoms with Crippen molar-refractivity contribution in [2.75, 3.05) is 6.54 Å². The van der Waals surface area contributed by atoms with Crippen LogP contribution in [-0.2, 0) is 17.8 Å². The summed E-state index contributed by atoms with van der Waals surface area (Å²) < 4.78 is 2.28. The van der Waals surface area contributed by atoms with E-state index in [1.165, 1.54) is 5.56 Å². The number of nitrogens with one attached hydrogen (secondary N) is 1. The number of hydrogen-bond acceptors (Lipinski definition) is 2. The number of benzene rings is 3. The van der Waals surface area contributed by atoms with Crippen molar-refractivity contribution < 1.29 is 4.79 Å². The molecule has 3 aromatic carbocycles. The third-order valence-corrected chi connectivity index (χ3v) is 5.02. The Morgan fingerprint density at radius 2 is 1.60 bits per heavy atom. The number of aryl methyl sites for hydroxylation is 1. The summed E-state index contributed by atoms with van der Waals surface area (Å²) in [4.78, 5) is 16.9. The van der Waals surface area contributed by atoms with E-state index in [0.717, 1.165) is 41.8 Å². The summed E-state index contributed by atoms with van der Waals surface area (Å²) in [5, 5.41) is 2.96. The van der Waals surface area contributed by atoms with Crippen LogP contribution in [0.15, 0.2) is 91.0 Å². The van der Waals surface area contributed by atoms with Gasteiger partial charge in [-0.2, -0.15) is 0 Å². The molecule has 0 aliphatic heterocycles. The summed E-state index contributed by atoms with van der Waals surface area (Å²) in [6.45, 7) is 1.41. The molecular weight excluding hydrogens is 370 g/mol. The number of imidazole rings is 1. The van der Waals surface area contributed by atoms with Gasteiger partial charge in [0, 0.05) is 25.6 Å². The first-order valence-corrected chi connectivity index (χ1v) is 10.3. The molecule has 0 aliphatic carbocycles. The van der Waals surface area contributed by atoms with E-state index in [4.69, 9.17) is 4.98 Å². The number of rotatable bonds is 8. The lowest BCUT2D eigenvalue weighted by Crippen LogP contribution is -2.22. The normalized spacial score (nSPS) is 11.2. The minimum absolute atomic E-state index is 0.0726. The summed E-state index contributed by atoms with van der Waals surface area (Å²) in [6.07, 6.45) is 5.06. The van der Waals surface area contributed by atoms with Crippen LogP contribution in [0.5, 0.6) is 0 Å². The van der Waals surface area contributed by atoms with Crippen LogP contribution in [0.3, 0.4) is 0 Å². The Bertz CT molecular complexity index is 1130. The fraction of sp³-hybridized carbons (Fsp3) is 0.154. The van der Waals surface area contributed by atoms with Crippen LogP contribution < -0.4 is 5.32 Å². The number of para-hydroxylation sites is 2. The molecule has 4 rings (SSSR count). The second-order valence-electron chi connectivity index (χ2n) is 7.23. The van der Waals surface area contributed by atoms with Gasteiger partial charge in [0.15, 0.2) is 0 Å². The molecule has 150 valence electrons. The molecule has 1 N–H and O–H groups in total. The van der Waals surface area contributed by atoms with Crippen LogP contribution in [0.25, 0.3) is 17.1 Å². The number of carbonyl (C=O) groups excluding carboxylic acids is 1. The van der Waals surface area contributed by atoms with Crippen LogP contribution in [-0.4, -0.2) is 22.0 Å². The van der Waals surface area contributed by atoms with Crippen molar-refractivity contribution in [1.29, 1.82) is 0 Å². The molecule has 1 aromatic heterocycles. The number of aromatic nitrogens is 2. The molecule has 0 spiro atoms. The Morgan fingerprint density at radius 1 is 0.900 bits per heavy atom. The number of carbonyl (C=O) groups is 1. The zero-order chi connectivity index (χ0) is 20.6. The molecule has 4 aromatic rings. The molecule has 0 fully saturated rings. The second-order valence-corrected chi connectivity index (χ2v) is 7.23. The van der Waals surface area contributed by atoms with Crippen molar-refractivity contribution in [2.45, 2.75) is 19.4 Å². The van der Waals surface area contributed by atoms with Crippen molar-refractivity contribution in [1.82, 2.24) is 14.9 Å². The van der Waals surface area contributed by atoms with E-state index < -0.39 is 0 Å². The minimum Gasteiger partial charge on any atom is -0.353 e. The molecule has 0 aliphatic rings. The predicted molar refractivity (Wildman–Crippen MR) is 122 cm³/mol. The Morgan fingerprint density at radius 3 is 2.40 bits per heavy atom. The molecular formula is C26H25N3O. The highest BCUT2D eigenvalue weighted by Crippen LogP contribution is 2.19. The molecule has 1 heterocycles. The molecule has 1 amide bonds. The van der Waals surface area contributed by atoms with E-state index in [1.807, 2.05) is 48.5 Å². The average Bonchev–Trinajstić information content (AvgIpc) is 3.14. The standard InChI is InChI=1S/C26H25N3O/c30-26(18-17-21-10-3-1-4-11-21)27-19-9-16-25-28-23-14-7-8-15-24(23)29(25)20-22-12-5-2-6-13-22/h1-8,10-15,17-18H,9,16,19-20H2,(H,27,30)/b18-17+. The van der Waals surface area contributed by atoms with Gasteiger partial charge >= 0.3 is 0 Å². The van der Waals surface area contributed by atoms with Gasteiger partial charge in [-0.3, -0.25) is 4.79 Å². The first-order chi connectivity index (χ1) is 14.8. The summed E-state index contributed by atoms with van der Waals surface area (Å²) in [7, 11) is 0. The van der Waals surface area contributed by atoms with Gasteiger partial charge in [0.25, 0.3) is 0 Å². The van der Waals surface area contributed by atoms with Crippen LogP contribution in [0, 0.1) is 0 Å². The largest absolute Gasteiger partial charge is 0.353 e. The SMILES string of the molecule is O=C(/C=C/c1ccccc1)NCCCc1nc2ccccc2n1Cc1ccccc1. The van der Waals surface area contributed by atoms with Gasteiger partial charge in [-0.15, -0.1) is 0 Å². The molecule has 4 heteroatoms. The fourth-order valence-corrected chi connectivity index (χ4v) is 3.51. The second kappa shape index (κ2) is 9.70. The maximum absolute atomic E-state index is 12.1. The van der Waals surface area contributed by atoms with E-state index in [2.05, 4.69) is 52.3 Å². The third-order valence-electron chi connectivity index (χ3n) is 5.02. The maximum Gasteiger partial charge on any atom is 0.243 e. The molecule has 0 atom stereocenters. The zero-order valence-electron chi connectivity index (χ0n) is 16.9. The van der Waals surface area contributed by atoms with Gasteiger partial charge in [0.1, 0.15) is 5.82 Å². The van der Waals surface area contributed by atoms with Gasteiger partial charge in [0.2, 0.25) is 5.91 Å². The number of hydrogen-bond donors (Lipinski definition) is 1. The lowest BCUT2D eigenvalue weighted by atomic mass is 10.2. The summed E-state index contributed by atoms with van der Waals surface area (Å²) in [6, 6.07) is 28.5. The van der Waals surface area contributed by atoms with Crippen molar-refractivity contribution >= 4 is 23.0 Å². The Labute approximate surface area is 176 Å². The topological polar surface area (TPSA) is 46.9 Å². The van der Waals surface area contributed by atoms with Crippen LogP contribution in [0.1, 0.15) is 23.4 Å². The van der Waals surface area contributed by atoms with Crippen molar-refractivity contribution in [2.24, 2.45) is 0 Å². The van der Waals surface area contributed by atoms with Crippen LogP contribution >= 0.6 is 0 Å². The Kier molecular flexibility index (Phi) is 6.35. The van der Waals surface area contributed by atoms with E-state index in [9.17, 15) is 4.79 Å². The highest BCUT2D eigenvalue weighted by Gasteiger charge is 2.10. The van der Waals surface area contributed by atoms with E-state index in [0.29, 0.717) is 6.54 Å². The minimum atomic E-state index is -0.0726. The Balaban J connectivity index is 1.37. The smallest absolute Gasteiger partial charge is 0.243 e. The molecule has 0 saturated carbocycles. The van der Waals surface area contributed by atoms with Gasteiger partial charge in [-0.05, 0) is 35.8 Å². The molecule has 0 unspecified atom stereocenters. The molecule has 0 saturated heterocycles. The van der Waals surface area contributed by atoms with Crippen molar-refractivity contribution in [3.63, 3.8) is 0 Å². The van der Waals surface area contributed by atoms with Gasteiger partial charge in [-0.25, -0.2) is 4.98 Å². The monoisotopic (exact) mass is 395 g/mol. The van der Waals surface area contributed by atoms with Crippen molar-refractivity contribution in [3.8, 4) is 0 Å². The summed E-state index contributed by atoms with van der Waals surface area (Å²) in [5.41, 5.74) is 4.42. The van der Waals surface area contributed by atoms with Gasteiger partial charge in [-0.1, -0.05) is 72.8 Å². The molecule has 4 nitrogen and oxygen atoms in total. The molecule has 0 radical (unpaired) electrons. The first-order valence-electron chi connectivity index (χ1n) is 10.3.